The van der Waals surface area contributed by atoms with Crippen molar-refractivity contribution in [2.75, 3.05) is 13.2 Å². The maximum absolute atomic E-state index is 12.8. The molecule has 21 heavy (non-hydrogen) atoms. The van der Waals surface area contributed by atoms with Crippen LogP contribution in [0.3, 0.4) is 0 Å². The van der Waals surface area contributed by atoms with Crippen LogP contribution in [0.2, 0.25) is 0 Å². The van der Waals surface area contributed by atoms with E-state index in [2.05, 4.69) is 16.7 Å². The van der Waals surface area contributed by atoms with Gasteiger partial charge in [-0.15, -0.1) is 0 Å². The predicted molar refractivity (Wildman–Crippen MR) is 81.9 cm³/mol. The van der Waals surface area contributed by atoms with Gasteiger partial charge in [-0.3, -0.25) is 4.79 Å². The zero-order chi connectivity index (χ0) is 14.8. The summed E-state index contributed by atoms with van der Waals surface area (Å²) in [6.07, 6.45) is 4.08. The number of hydrogen-bond acceptors (Lipinski definition) is 2. The van der Waals surface area contributed by atoms with Crippen LogP contribution in [-0.2, 0) is 0 Å². The molecular formula is C18H21NO2. The standard InChI is InChI=1S/C18H21NO2/c1-13-5-6-14(4-2-3-9-20)11-17(13)18(21)19-12-15-7-8-16(19)10-15/h5-6,11,15-16,20H,3,7-10,12H2,1H3. The number of carbonyl (C=O) groups excluding carboxylic acids is 1. The number of benzene rings is 1. The zero-order valence-electron chi connectivity index (χ0n) is 12.4. The fourth-order valence-electron chi connectivity index (χ4n) is 3.48. The number of rotatable bonds is 2. The molecule has 1 amide bonds. The lowest BCUT2D eigenvalue weighted by Gasteiger charge is -2.27. The molecule has 1 saturated carbocycles. The van der Waals surface area contributed by atoms with Crippen LogP contribution in [0, 0.1) is 24.7 Å². The SMILES string of the molecule is Cc1ccc(C#CCCO)cc1C(=O)N1CC2CCC1C2. The normalized spacial score (nSPS) is 23.0. The first-order chi connectivity index (χ1) is 10.2. The average molecular weight is 283 g/mol. The molecule has 1 aliphatic heterocycles. The van der Waals surface area contributed by atoms with Crippen molar-refractivity contribution >= 4 is 5.91 Å². The van der Waals surface area contributed by atoms with Gasteiger partial charge < -0.3 is 10.0 Å². The number of nitrogens with zero attached hydrogens (tertiary/aromatic N) is 1. The van der Waals surface area contributed by atoms with E-state index < -0.39 is 0 Å². The van der Waals surface area contributed by atoms with E-state index in [1.165, 1.54) is 12.8 Å². The molecule has 3 nitrogen and oxygen atoms in total. The molecule has 0 spiro atoms. The van der Waals surface area contributed by atoms with Crippen molar-refractivity contribution in [3.8, 4) is 11.8 Å². The fourth-order valence-corrected chi connectivity index (χ4v) is 3.48. The molecule has 2 atom stereocenters. The molecule has 2 aliphatic rings. The molecule has 1 aromatic rings. The van der Waals surface area contributed by atoms with E-state index in [9.17, 15) is 4.79 Å². The van der Waals surface area contributed by atoms with Crippen LogP contribution in [0.25, 0.3) is 0 Å². The van der Waals surface area contributed by atoms with E-state index in [1.54, 1.807) is 0 Å². The van der Waals surface area contributed by atoms with Gasteiger partial charge in [-0.25, -0.2) is 0 Å². The van der Waals surface area contributed by atoms with Crippen molar-refractivity contribution in [3.05, 3.63) is 34.9 Å². The number of piperidine rings is 1. The van der Waals surface area contributed by atoms with Crippen LogP contribution in [0.5, 0.6) is 0 Å². The van der Waals surface area contributed by atoms with Crippen molar-refractivity contribution in [1.29, 1.82) is 0 Å². The second-order valence-corrected chi connectivity index (χ2v) is 6.10. The molecule has 0 aromatic heterocycles. The molecule has 1 N–H and O–H groups in total. The van der Waals surface area contributed by atoms with Crippen molar-refractivity contribution in [3.63, 3.8) is 0 Å². The lowest BCUT2D eigenvalue weighted by atomic mass is 10.0. The maximum Gasteiger partial charge on any atom is 0.254 e. The highest BCUT2D eigenvalue weighted by molar-refractivity contribution is 5.96. The maximum atomic E-state index is 12.8. The van der Waals surface area contributed by atoms with Gasteiger partial charge in [0.15, 0.2) is 0 Å². The number of carbonyl (C=O) groups is 1. The molecule has 1 aliphatic carbocycles. The van der Waals surface area contributed by atoms with Crippen LogP contribution in [-0.4, -0.2) is 35.1 Å². The Balaban J connectivity index is 1.82. The first kappa shape index (κ1) is 14.2. The van der Waals surface area contributed by atoms with Gasteiger partial charge in [0, 0.05) is 30.1 Å². The number of fused-ring (bicyclic) bond motifs is 2. The number of aryl methyl sites for hydroxylation is 1. The van der Waals surface area contributed by atoms with Gasteiger partial charge in [0.1, 0.15) is 0 Å². The van der Waals surface area contributed by atoms with Gasteiger partial charge in [0.05, 0.1) is 6.61 Å². The molecular weight excluding hydrogens is 262 g/mol. The van der Waals surface area contributed by atoms with Gasteiger partial charge in [0.2, 0.25) is 0 Å². The Morgan fingerprint density at radius 3 is 2.95 bits per heavy atom. The molecule has 2 bridgehead atoms. The summed E-state index contributed by atoms with van der Waals surface area (Å²) in [6, 6.07) is 6.25. The minimum atomic E-state index is 0.0709. The van der Waals surface area contributed by atoms with E-state index in [0.29, 0.717) is 18.4 Å². The average Bonchev–Trinajstić information content (AvgIpc) is 3.11. The summed E-state index contributed by atoms with van der Waals surface area (Å²) < 4.78 is 0. The number of aliphatic hydroxyl groups is 1. The Bertz CT molecular complexity index is 611. The number of likely N-dealkylation sites (tertiary alicyclic amines) is 1. The Morgan fingerprint density at radius 2 is 2.29 bits per heavy atom. The number of hydrogen-bond donors (Lipinski definition) is 1. The molecule has 1 heterocycles. The van der Waals surface area contributed by atoms with Crippen LogP contribution < -0.4 is 0 Å². The van der Waals surface area contributed by atoms with E-state index in [0.717, 1.165) is 29.7 Å². The molecule has 1 saturated heterocycles. The first-order valence-electron chi connectivity index (χ1n) is 7.70. The van der Waals surface area contributed by atoms with E-state index in [-0.39, 0.29) is 12.5 Å². The summed E-state index contributed by atoms with van der Waals surface area (Å²) in [5.41, 5.74) is 2.63. The third-order valence-electron chi connectivity index (χ3n) is 4.61. The van der Waals surface area contributed by atoms with Gasteiger partial charge in [-0.1, -0.05) is 17.9 Å². The van der Waals surface area contributed by atoms with Gasteiger partial charge in [0.25, 0.3) is 5.91 Å². The minimum Gasteiger partial charge on any atom is -0.395 e. The topological polar surface area (TPSA) is 40.5 Å². The molecule has 3 heteroatoms. The van der Waals surface area contributed by atoms with Crippen LogP contribution in [0.1, 0.15) is 47.2 Å². The third-order valence-corrected chi connectivity index (χ3v) is 4.61. The van der Waals surface area contributed by atoms with Crippen molar-refractivity contribution < 1.29 is 9.90 Å². The van der Waals surface area contributed by atoms with Gasteiger partial charge in [-0.2, -0.15) is 0 Å². The highest BCUT2D eigenvalue weighted by Crippen LogP contribution is 2.38. The monoisotopic (exact) mass is 283 g/mol. The van der Waals surface area contributed by atoms with E-state index in [1.807, 2.05) is 25.1 Å². The van der Waals surface area contributed by atoms with Crippen LogP contribution in [0.15, 0.2) is 18.2 Å². The van der Waals surface area contributed by atoms with Gasteiger partial charge in [-0.05, 0) is 49.8 Å². The summed E-state index contributed by atoms with van der Waals surface area (Å²) in [5.74, 6) is 6.79. The molecule has 110 valence electrons. The predicted octanol–water partition coefficient (Wildman–Crippen LogP) is 2.35. The smallest absolute Gasteiger partial charge is 0.254 e. The highest BCUT2D eigenvalue weighted by Gasteiger charge is 2.40. The fraction of sp³-hybridized carbons (Fsp3) is 0.500. The summed E-state index contributed by atoms with van der Waals surface area (Å²) in [7, 11) is 0. The Labute approximate surface area is 126 Å². The Kier molecular flexibility index (Phi) is 3.98. The van der Waals surface area contributed by atoms with Gasteiger partial charge >= 0.3 is 0 Å². The molecule has 2 fully saturated rings. The minimum absolute atomic E-state index is 0.0709. The van der Waals surface area contributed by atoms with Crippen molar-refractivity contribution in [1.82, 2.24) is 4.90 Å². The number of amides is 1. The summed E-state index contributed by atoms with van der Waals surface area (Å²) in [4.78, 5) is 14.8. The zero-order valence-corrected chi connectivity index (χ0v) is 12.4. The van der Waals surface area contributed by atoms with Crippen LogP contribution >= 0.6 is 0 Å². The van der Waals surface area contributed by atoms with Crippen molar-refractivity contribution in [2.24, 2.45) is 5.92 Å². The lowest BCUT2D eigenvalue weighted by Crippen LogP contribution is -2.38. The molecule has 3 rings (SSSR count). The van der Waals surface area contributed by atoms with E-state index >= 15 is 0 Å². The summed E-state index contributed by atoms with van der Waals surface area (Å²) in [5, 5.41) is 8.77. The largest absolute Gasteiger partial charge is 0.395 e. The Morgan fingerprint density at radius 1 is 1.43 bits per heavy atom. The van der Waals surface area contributed by atoms with E-state index in [4.69, 9.17) is 5.11 Å². The highest BCUT2D eigenvalue weighted by atomic mass is 16.2. The second-order valence-electron chi connectivity index (χ2n) is 6.10. The third kappa shape index (κ3) is 2.82. The van der Waals surface area contributed by atoms with Crippen LogP contribution in [0.4, 0.5) is 0 Å². The second kappa shape index (κ2) is 5.91. The Hall–Kier alpha value is -1.79. The quantitative estimate of drug-likeness (QED) is 0.846. The lowest BCUT2D eigenvalue weighted by molar-refractivity contribution is 0.0703. The summed E-state index contributed by atoms with van der Waals surface area (Å²) in [6.45, 7) is 2.97. The summed E-state index contributed by atoms with van der Waals surface area (Å²) >= 11 is 0. The molecule has 2 unspecified atom stereocenters. The molecule has 0 radical (unpaired) electrons. The first-order valence-corrected chi connectivity index (χ1v) is 7.70. The number of aliphatic hydroxyl groups excluding tert-OH is 1. The van der Waals surface area contributed by atoms with Crippen molar-refractivity contribution in [2.45, 2.75) is 38.6 Å². The molecule has 1 aromatic carbocycles.